The predicted octanol–water partition coefficient (Wildman–Crippen LogP) is 5.17. The third-order valence-electron chi connectivity index (χ3n) is 13.5. The van der Waals surface area contributed by atoms with E-state index in [1.165, 1.54) is 0 Å². The van der Waals surface area contributed by atoms with Gasteiger partial charge in [-0.05, 0) is 20.8 Å². The van der Waals surface area contributed by atoms with Crippen LogP contribution in [0.25, 0.3) is 0 Å². The van der Waals surface area contributed by atoms with Crippen molar-refractivity contribution in [2.45, 2.75) is 166 Å². The minimum atomic E-state index is -3.56. The Kier molecular flexibility index (Phi) is 11.6. The van der Waals surface area contributed by atoms with Crippen molar-refractivity contribution in [2.75, 3.05) is 16.7 Å². The van der Waals surface area contributed by atoms with Crippen molar-refractivity contribution in [3.63, 3.8) is 0 Å². The molecule has 2 unspecified atom stereocenters. The number of halogens is 1. The molecule has 6 aliphatic rings. The summed E-state index contributed by atoms with van der Waals surface area (Å²) in [5.41, 5.74) is -1.66. The number of rotatable bonds is 14. The molecular weight excluding hydrogens is 809 g/mol. The maximum atomic E-state index is 15.0. The number of sulfone groups is 1. The average molecular weight is 874 g/mol. The molecule has 0 aromatic rings. The summed E-state index contributed by atoms with van der Waals surface area (Å²) in [6.45, 7) is 11.7. The second kappa shape index (κ2) is 15.2. The van der Waals surface area contributed by atoms with Crippen LogP contribution in [0.1, 0.15) is 138 Å². The summed E-state index contributed by atoms with van der Waals surface area (Å²) >= 11 is -2.95. The summed E-state index contributed by atoms with van der Waals surface area (Å²) in [5, 5.41) is 9.00. The summed E-state index contributed by atoms with van der Waals surface area (Å²) < 4.78 is 29.1. The van der Waals surface area contributed by atoms with Crippen LogP contribution in [0.5, 0.6) is 0 Å². The van der Waals surface area contributed by atoms with Gasteiger partial charge in [-0.15, -0.1) is 0 Å². The Morgan fingerprint density at radius 2 is 1.47 bits per heavy atom. The van der Waals surface area contributed by atoms with E-state index in [2.05, 4.69) is 33.3 Å². The van der Waals surface area contributed by atoms with Gasteiger partial charge in [0, 0.05) is 0 Å². The van der Waals surface area contributed by atoms with Crippen molar-refractivity contribution >= 4 is 57.5 Å². The number of hydrogen-bond donors (Lipinski definition) is 4. The van der Waals surface area contributed by atoms with Crippen LogP contribution in [0.2, 0.25) is 0 Å². The first-order chi connectivity index (χ1) is 24.8. The van der Waals surface area contributed by atoms with Crippen LogP contribution in [-0.4, -0.2) is 86.0 Å². The molecule has 0 aromatic carbocycles. The Balaban J connectivity index is 1.23. The number of nitrogens with zero attached hydrogens (tertiary/aromatic N) is 1. The van der Waals surface area contributed by atoms with E-state index < -0.39 is 73.4 Å². The van der Waals surface area contributed by atoms with Gasteiger partial charge >= 0.3 is 285 Å². The van der Waals surface area contributed by atoms with E-state index in [4.69, 9.17) is 0 Å². The van der Waals surface area contributed by atoms with E-state index in [1.54, 1.807) is 25.7 Å². The van der Waals surface area contributed by atoms with Gasteiger partial charge in [0.05, 0.1) is 4.75 Å². The number of piperidine rings is 1. The van der Waals surface area contributed by atoms with Crippen molar-refractivity contribution in [1.29, 1.82) is 0 Å². The van der Waals surface area contributed by atoms with Gasteiger partial charge in [0.1, 0.15) is 0 Å². The van der Waals surface area contributed by atoms with Gasteiger partial charge in [-0.3, -0.25) is 0 Å². The van der Waals surface area contributed by atoms with E-state index in [-0.39, 0.29) is 40.9 Å². The molecule has 5 amide bonds. The summed E-state index contributed by atoms with van der Waals surface area (Å²) in [5.74, 6) is -0.860. The van der Waals surface area contributed by atoms with Crippen LogP contribution in [0.4, 0.5) is 4.79 Å². The zero-order valence-electron chi connectivity index (χ0n) is 32.8. The Hall–Kier alpha value is -1.97. The fraction of sp³-hybridized carbons (Fsp3) is 0.872. The fourth-order valence-corrected chi connectivity index (χ4v) is 15.0. The van der Waals surface area contributed by atoms with Crippen molar-refractivity contribution in [2.24, 2.45) is 28.6 Å². The summed E-state index contributed by atoms with van der Waals surface area (Å²) in [4.78, 5) is 71.6. The zero-order valence-corrected chi connectivity index (χ0v) is 35.8. The number of carbonyl (C=O) groups is 5. The number of carbonyl (C=O) groups excluding carboxylic acids is 5. The SMILES string of the molecule is CC1(C)C2CN(C(=O)[C@@H](NC(=O)NC3(CS(=O)(=O)C(C)(C)C)CCCCC3)C3(C)CCCCC3)[C@H](C(=O)NI(CCC3CC3)C(=O)C(=O)NC3CC3)C21. The Morgan fingerprint density at radius 3 is 2.04 bits per heavy atom. The number of nitrogens with one attached hydrogen (secondary N) is 4. The molecular formula is C39H64IN5O7S. The molecule has 4 atom stereocenters. The standard InChI is InChI=1S/C39H64IN5O7S/c1-36(2,3)53(51,52)24-39(20-11-8-12-21-39)43-35(50)42-30(38(6)18-9-7-10-19-38)34(49)45-23-27-28(37(27,4)5)29(45)32(47)44-40(22-17-25-13-14-25)31(46)33(48)41-26-15-16-26/h25-30H,7-24H2,1-6H3,(H,41,48)(H,44,47)(H2,42,43,50)/t27?,28?,29-,30+/m0/s1. The topological polar surface area (TPSA) is 171 Å². The molecule has 6 fully saturated rings. The molecule has 5 aliphatic carbocycles. The second-order valence-electron chi connectivity index (χ2n) is 19.1. The van der Waals surface area contributed by atoms with Crippen LogP contribution in [0.3, 0.4) is 0 Å². The molecule has 1 heterocycles. The van der Waals surface area contributed by atoms with Gasteiger partial charge < -0.3 is 0 Å². The van der Waals surface area contributed by atoms with Gasteiger partial charge in [0.2, 0.25) is 0 Å². The van der Waals surface area contributed by atoms with Gasteiger partial charge in [-0.1, -0.05) is 6.42 Å². The molecule has 12 nitrogen and oxygen atoms in total. The number of likely N-dealkylation sites (tertiary alicyclic amines) is 1. The van der Waals surface area contributed by atoms with E-state index in [0.717, 1.165) is 83.5 Å². The maximum absolute atomic E-state index is 15.0. The van der Waals surface area contributed by atoms with Crippen LogP contribution in [0.15, 0.2) is 0 Å². The second-order valence-corrected chi connectivity index (χ2v) is 26.5. The molecule has 53 heavy (non-hydrogen) atoms. The normalized spacial score (nSPS) is 28.2. The van der Waals surface area contributed by atoms with E-state index in [0.29, 0.717) is 29.7 Å². The molecule has 0 spiro atoms. The molecule has 300 valence electrons. The van der Waals surface area contributed by atoms with Gasteiger partial charge in [0.15, 0.2) is 0 Å². The van der Waals surface area contributed by atoms with E-state index in [9.17, 15) is 32.4 Å². The number of urea groups is 1. The number of hydrogen-bond acceptors (Lipinski definition) is 7. The van der Waals surface area contributed by atoms with Crippen molar-refractivity contribution in [3.8, 4) is 0 Å². The Labute approximate surface area is 324 Å². The van der Waals surface area contributed by atoms with Crippen LogP contribution in [-0.2, 0) is 29.0 Å². The quantitative estimate of drug-likeness (QED) is 0.0614. The van der Waals surface area contributed by atoms with Crippen molar-refractivity contribution < 1.29 is 32.4 Å². The zero-order chi connectivity index (χ0) is 38.6. The van der Waals surface area contributed by atoms with Crippen LogP contribution < -0.4 is 19.5 Å². The van der Waals surface area contributed by atoms with Gasteiger partial charge in [0.25, 0.3) is 0 Å². The molecule has 4 N–H and O–H groups in total. The first-order valence-electron chi connectivity index (χ1n) is 20.2. The molecule has 14 heteroatoms. The first-order valence-corrected chi connectivity index (χ1v) is 25.5. The molecule has 0 radical (unpaired) electrons. The number of amides is 5. The Morgan fingerprint density at radius 1 is 0.868 bits per heavy atom. The minimum absolute atomic E-state index is 0.0398. The molecule has 6 rings (SSSR count). The van der Waals surface area contributed by atoms with E-state index in [1.807, 2.05) is 6.92 Å². The summed E-state index contributed by atoms with van der Waals surface area (Å²) in [6, 6.07) is -2.23. The molecule has 0 aromatic heterocycles. The molecule has 5 saturated carbocycles. The predicted molar refractivity (Wildman–Crippen MR) is 213 cm³/mol. The van der Waals surface area contributed by atoms with Crippen molar-refractivity contribution in [1.82, 2.24) is 24.4 Å². The summed E-state index contributed by atoms with van der Waals surface area (Å²) in [6.07, 6.45) is 12.8. The first kappa shape index (κ1) is 40.7. The Bertz CT molecular complexity index is 1560. The van der Waals surface area contributed by atoms with Crippen molar-refractivity contribution in [3.05, 3.63) is 0 Å². The average Bonchev–Trinajstić information content (AvgIpc) is 4.04. The fourth-order valence-electron chi connectivity index (χ4n) is 9.27. The molecule has 0 bridgehead atoms. The molecule has 1 aliphatic heterocycles. The third kappa shape index (κ3) is 9.03. The number of alkyl halides is 1. The third-order valence-corrected chi connectivity index (χ3v) is 20.8. The monoisotopic (exact) mass is 873 g/mol. The van der Waals surface area contributed by atoms with Gasteiger partial charge in [-0.25, -0.2) is 8.42 Å². The van der Waals surface area contributed by atoms with E-state index >= 15 is 0 Å². The number of fused-ring (bicyclic) bond motifs is 1. The molecule has 1 saturated heterocycles. The summed E-state index contributed by atoms with van der Waals surface area (Å²) in [7, 11) is -3.56. The van der Waals surface area contributed by atoms with Crippen LogP contribution in [0, 0.1) is 28.6 Å². The van der Waals surface area contributed by atoms with Crippen LogP contribution >= 0.6 is 20.1 Å². The van der Waals surface area contributed by atoms with Gasteiger partial charge in [-0.2, -0.15) is 0 Å².